The Labute approximate surface area is 192 Å². The number of fused-ring (bicyclic) bond motifs is 3. The molecule has 0 saturated heterocycles. The molecule has 0 bridgehead atoms. The van der Waals surface area contributed by atoms with Crippen molar-refractivity contribution in [1.82, 2.24) is 15.0 Å². The summed E-state index contributed by atoms with van der Waals surface area (Å²) in [6.07, 6.45) is 0. The highest BCUT2D eigenvalue weighted by atomic mass is 79.9. The number of aromatic nitrogens is 3. The summed E-state index contributed by atoms with van der Waals surface area (Å²) in [6, 6.07) is 32.0. The SMILES string of the molecule is Brc1ccccc1-c1nc(-c2ccccc2)nc(-c2cccc3oc4ccccc4c23)n1. The number of para-hydroxylation sites is 1. The van der Waals surface area contributed by atoms with Crippen molar-refractivity contribution >= 4 is 37.9 Å². The lowest BCUT2D eigenvalue weighted by molar-refractivity contribution is 0.669. The normalized spacial score (nSPS) is 11.3. The zero-order valence-electron chi connectivity index (χ0n) is 16.9. The number of hydrogen-bond donors (Lipinski definition) is 0. The maximum Gasteiger partial charge on any atom is 0.165 e. The van der Waals surface area contributed by atoms with Crippen molar-refractivity contribution in [3.63, 3.8) is 0 Å². The molecule has 0 aliphatic carbocycles. The molecule has 0 atom stereocenters. The smallest absolute Gasteiger partial charge is 0.165 e. The first-order valence-electron chi connectivity index (χ1n) is 10.2. The van der Waals surface area contributed by atoms with Gasteiger partial charge in [-0.15, -0.1) is 0 Å². The number of furan rings is 1. The predicted octanol–water partition coefficient (Wildman–Crippen LogP) is 7.53. The van der Waals surface area contributed by atoms with E-state index in [9.17, 15) is 0 Å². The van der Waals surface area contributed by atoms with Gasteiger partial charge in [0.1, 0.15) is 11.2 Å². The van der Waals surface area contributed by atoms with Crippen molar-refractivity contribution in [2.75, 3.05) is 0 Å². The van der Waals surface area contributed by atoms with Crippen LogP contribution in [0.25, 0.3) is 56.1 Å². The molecule has 6 rings (SSSR count). The quantitative estimate of drug-likeness (QED) is 0.264. The highest BCUT2D eigenvalue weighted by molar-refractivity contribution is 9.10. The molecule has 6 aromatic rings. The molecule has 0 aliphatic heterocycles. The molecule has 0 amide bonds. The van der Waals surface area contributed by atoms with Gasteiger partial charge >= 0.3 is 0 Å². The molecule has 0 aliphatic rings. The minimum Gasteiger partial charge on any atom is -0.456 e. The molecule has 0 radical (unpaired) electrons. The van der Waals surface area contributed by atoms with Crippen molar-refractivity contribution in [2.24, 2.45) is 0 Å². The van der Waals surface area contributed by atoms with E-state index in [1.165, 1.54) is 0 Å². The van der Waals surface area contributed by atoms with E-state index < -0.39 is 0 Å². The summed E-state index contributed by atoms with van der Waals surface area (Å²) in [4.78, 5) is 14.6. The number of hydrogen-bond acceptors (Lipinski definition) is 4. The van der Waals surface area contributed by atoms with Gasteiger partial charge in [0.15, 0.2) is 17.5 Å². The van der Waals surface area contributed by atoms with E-state index in [2.05, 4.69) is 22.0 Å². The summed E-state index contributed by atoms with van der Waals surface area (Å²) in [5.41, 5.74) is 4.43. The summed E-state index contributed by atoms with van der Waals surface area (Å²) < 4.78 is 7.02. The second-order valence-electron chi connectivity index (χ2n) is 7.43. The van der Waals surface area contributed by atoms with E-state index in [-0.39, 0.29) is 0 Å². The summed E-state index contributed by atoms with van der Waals surface area (Å²) >= 11 is 3.65. The number of benzene rings is 4. The average molecular weight is 478 g/mol. The standard InChI is InChI=1S/C27H16BrN3O/c28-21-14-6-4-11-18(21)26-29-25(17-9-2-1-3-10-17)30-27(31-26)20-13-8-16-23-24(20)19-12-5-7-15-22(19)32-23/h1-16H. The van der Waals surface area contributed by atoms with Crippen molar-refractivity contribution in [1.29, 1.82) is 0 Å². The monoisotopic (exact) mass is 477 g/mol. The fraction of sp³-hybridized carbons (Fsp3) is 0. The molecule has 0 fully saturated rings. The van der Waals surface area contributed by atoms with Crippen molar-refractivity contribution in [3.05, 3.63) is 102 Å². The molecule has 0 unspecified atom stereocenters. The predicted molar refractivity (Wildman–Crippen MR) is 131 cm³/mol. The first-order chi connectivity index (χ1) is 15.8. The zero-order valence-corrected chi connectivity index (χ0v) is 18.5. The van der Waals surface area contributed by atoms with E-state index in [0.717, 1.165) is 43.1 Å². The third kappa shape index (κ3) is 3.18. The number of rotatable bonds is 3. The van der Waals surface area contributed by atoms with Crippen LogP contribution in [0.1, 0.15) is 0 Å². The lowest BCUT2D eigenvalue weighted by Gasteiger charge is -2.10. The zero-order chi connectivity index (χ0) is 21.5. The molecule has 0 spiro atoms. The molecular weight excluding hydrogens is 462 g/mol. The topological polar surface area (TPSA) is 51.8 Å². The molecular formula is C27H16BrN3O. The number of halogens is 1. The van der Waals surface area contributed by atoms with Gasteiger partial charge in [-0.1, -0.05) is 94.8 Å². The molecule has 5 heteroatoms. The molecule has 4 nitrogen and oxygen atoms in total. The third-order valence-electron chi connectivity index (χ3n) is 5.43. The minimum atomic E-state index is 0.613. The molecule has 32 heavy (non-hydrogen) atoms. The Bertz CT molecular complexity index is 1590. The fourth-order valence-corrected chi connectivity index (χ4v) is 4.40. The fourth-order valence-electron chi connectivity index (χ4n) is 3.94. The summed E-state index contributed by atoms with van der Waals surface area (Å²) in [5, 5.41) is 2.05. The van der Waals surface area contributed by atoms with Crippen molar-refractivity contribution < 1.29 is 4.42 Å². The summed E-state index contributed by atoms with van der Waals surface area (Å²) in [5.74, 6) is 1.86. The second-order valence-corrected chi connectivity index (χ2v) is 8.28. The molecule has 4 aromatic carbocycles. The highest BCUT2D eigenvalue weighted by Gasteiger charge is 2.18. The third-order valence-corrected chi connectivity index (χ3v) is 6.12. The van der Waals surface area contributed by atoms with Crippen LogP contribution in [0.3, 0.4) is 0 Å². The van der Waals surface area contributed by atoms with Crippen molar-refractivity contribution in [2.45, 2.75) is 0 Å². The maximum atomic E-state index is 6.08. The summed E-state index contributed by atoms with van der Waals surface area (Å²) in [7, 11) is 0. The Kier molecular flexibility index (Phi) is 4.55. The molecule has 0 saturated carbocycles. The largest absolute Gasteiger partial charge is 0.456 e. The Morgan fingerprint density at radius 1 is 0.531 bits per heavy atom. The lowest BCUT2D eigenvalue weighted by atomic mass is 10.1. The van der Waals surface area contributed by atoms with Crippen LogP contribution in [0.15, 0.2) is 106 Å². The van der Waals surface area contributed by atoms with Gasteiger partial charge < -0.3 is 4.42 Å². The second kappa shape index (κ2) is 7.70. The van der Waals surface area contributed by atoms with E-state index in [0.29, 0.717) is 17.5 Å². The molecule has 2 heterocycles. The van der Waals surface area contributed by atoms with Gasteiger partial charge in [0.2, 0.25) is 0 Å². The van der Waals surface area contributed by atoms with Crippen LogP contribution in [0, 0.1) is 0 Å². The van der Waals surface area contributed by atoms with Gasteiger partial charge in [0.05, 0.1) is 0 Å². The van der Waals surface area contributed by atoms with Crippen LogP contribution in [-0.4, -0.2) is 15.0 Å². The van der Waals surface area contributed by atoms with E-state index in [1.807, 2.05) is 91.0 Å². The van der Waals surface area contributed by atoms with Gasteiger partial charge in [-0.2, -0.15) is 0 Å². The van der Waals surface area contributed by atoms with Gasteiger partial charge in [-0.25, -0.2) is 15.0 Å². The first kappa shape index (κ1) is 18.9. The Morgan fingerprint density at radius 2 is 1.16 bits per heavy atom. The Hall–Kier alpha value is -3.83. The Balaban J connectivity index is 1.67. The van der Waals surface area contributed by atoms with Crippen LogP contribution in [0.2, 0.25) is 0 Å². The maximum absolute atomic E-state index is 6.08. The van der Waals surface area contributed by atoms with Crippen molar-refractivity contribution in [3.8, 4) is 34.2 Å². The van der Waals surface area contributed by atoms with Gasteiger partial charge in [-0.3, -0.25) is 0 Å². The van der Waals surface area contributed by atoms with Gasteiger partial charge in [0.25, 0.3) is 0 Å². The summed E-state index contributed by atoms with van der Waals surface area (Å²) in [6.45, 7) is 0. The molecule has 152 valence electrons. The first-order valence-corrected chi connectivity index (χ1v) is 11.0. The van der Waals surface area contributed by atoms with Crippen LogP contribution in [0.5, 0.6) is 0 Å². The van der Waals surface area contributed by atoms with Crippen LogP contribution >= 0.6 is 15.9 Å². The van der Waals surface area contributed by atoms with Crippen LogP contribution < -0.4 is 0 Å². The van der Waals surface area contributed by atoms with E-state index in [1.54, 1.807) is 0 Å². The molecule has 2 aromatic heterocycles. The number of nitrogens with zero attached hydrogens (tertiary/aromatic N) is 3. The van der Waals surface area contributed by atoms with Gasteiger partial charge in [0, 0.05) is 31.9 Å². The Morgan fingerprint density at radius 3 is 2.00 bits per heavy atom. The average Bonchev–Trinajstić information content (AvgIpc) is 3.23. The minimum absolute atomic E-state index is 0.613. The van der Waals surface area contributed by atoms with Crippen LogP contribution in [0.4, 0.5) is 0 Å². The van der Waals surface area contributed by atoms with E-state index in [4.69, 9.17) is 19.4 Å². The van der Waals surface area contributed by atoms with Crippen LogP contribution in [-0.2, 0) is 0 Å². The lowest BCUT2D eigenvalue weighted by Crippen LogP contribution is -2.00. The highest BCUT2D eigenvalue weighted by Crippen LogP contribution is 2.36. The van der Waals surface area contributed by atoms with Gasteiger partial charge in [-0.05, 0) is 18.2 Å². The molecule has 0 N–H and O–H groups in total. The van der Waals surface area contributed by atoms with E-state index >= 15 is 0 Å².